The van der Waals surface area contributed by atoms with Gasteiger partial charge in [0.05, 0.1) is 17.9 Å². The van der Waals surface area contributed by atoms with Crippen LogP contribution in [0.25, 0.3) is 0 Å². The van der Waals surface area contributed by atoms with Crippen LogP contribution in [-0.2, 0) is 14.3 Å². The molecule has 1 aliphatic heterocycles. The van der Waals surface area contributed by atoms with E-state index in [2.05, 4.69) is 10.6 Å². The maximum Gasteiger partial charge on any atom is 0.338 e. The molecule has 0 aliphatic carbocycles. The molecule has 39 heavy (non-hydrogen) atoms. The number of amides is 3. The molecule has 0 unspecified atom stereocenters. The highest BCUT2D eigenvalue weighted by atomic mass is 35.5. The van der Waals surface area contributed by atoms with Crippen LogP contribution < -0.4 is 15.5 Å². The monoisotopic (exact) mass is 565 g/mol. The number of aryl methyl sites for hydroxylation is 1. The highest BCUT2D eigenvalue weighted by molar-refractivity contribution is 6.53. The van der Waals surface area contributed by atoms with Crippen LogP contribution in [0.5, 0.6) is 0 Å². The van der Waals surface area contributed by atoms with E-state index in [-0.39, 0.29) is 16.3 Å². The van der Waals surface area contributed by atoms with Crippen molar-refractivity contribution < 1.29 is 23.9 Å². The van der Waals surface area contributed by atoms with Crippen LogP contribution in [0.15, 0.2) is 77.5 Å². The van der Waals surface area contributed by atoms with Crippen molar-refractivity contribution in [3.8, 4) is 0 Å². The first kappa shape index (κ1) is 27.9. The van der Waals surface area contributed by atoms with Crippen molar-refractivity contribution in [2.75, 3.05) is 22.1 Å². The van der Waals surface area contributed by atoms with Gasteiger partial charge in [0.1, 0.15) is 10.7 Å². The van der Waals surface area contributed by atoms with E-state index in [1.54, 1.807) is 67.6 Å². The van der Waals surface area contributed by atoms with Gasteiger partial charge in [-0.15, -0.1) is 0 Å². The van der Waals surface area contributed by atoms with Crippen molar-refractivity contribution in [2.45, 2.75) is 26.7 Å². The summed E-state index contributed by atoms with van der Waals surface area (Å²) in [7, 11) is 0. The lowest BCUT2D eigenvalue weighted by Gasteiger charge is -2.16. The number of imide groups is 1. The highest BCUT2D eigenvalue weighted by Crippen LogP contribution is 2.31. The van der Waals surface area contributed by atoms with Crippen LogP contribution in [0.3, 0.4) is 0 Å². The minimum atomic E-state index is -0.675. The van der Waals surface area contributed by atoms with E-state index < -0.39 is 23.7 Å². The first-order valence-corrected chi connectivity index (χ1v) is 13.0. The van der Waals surface area contributed by atoms with Gasteiger partial charge >= 0.3 is 5.97 Å². The predicted octanol–water partition coefficient (Wildman–Crippen LogP) is 6.29. The minimum Gasteiger partial charge on any atom is -0.462 e. The molecule has 0 fully saturated rings. The Kier molecular flexibility index (Phi) is 8.69. The molecule has 1 aliphatic rings. The molecular weight excluding hydrogens is 541 g/mol. The zero-order chi connectivity index (χ0) is 28.1. The van der Waals surface area contributed by atoms with E-state index in [9.17, 15) is 19.2 Å². The van der Waals surface area contributed by atoms with Gasteiger partial charge in [0, 0.05) is 22.0 Å². The van der Waals surface area contributed by atoms with Crippen molar-refractivity contribution in [1.82, 2.24) is 0 Å². The molecule has 4 rings (SSSR count). The Bertz CT molecular complexity index is 1480. The molecule has 3 amide bonds. The maximum atomic E-state index is 13.1. The quantitative estimate of drug-likeness (QED) is 0.179. The van der Waals surface area contributed by atoms with Gasteiger partial charge in [-0.3, -0.25) is 14.4 Å². The molecule has 0 radical (unpaired) electrons. The number of nitrogens with zero attached hydrogens (tertiary/aromatic N) is 1. The number of nitrogens with one attached hydrogen (secondary N) is 2. The fourth-order valence-electron chi connectivity index (χ4n) is 3.79. The number of carbonyl (C=O) groups excluding carboxylic acids is 4. The van der Waals surface area contributed by atoms with Gasteiger partial charge < -0.3 is 15.4 Å². The van der Waals surface area contributed by atoms with Gasteiger partial charge in [-0.2, -0.15) is 0 Å². The smallest absolute Gasteiger partial charge is 0.338 e. The lowest BCUT2D eigenvalue weighted by Crippen LogP contribution is -2.32. The summed E-state index contributed by atoms with van der Waals surface area (Å²) in [5.74, 6) is -2.21. The number of hydrogen-bond donors (Lipinski definition) is 2. The van der Waals surface area contributed by atoms with E-state index >= 15 is 0 Å². The lowest BCUT2D eigenvalue weighted by molar-refractivity contribution is -0.120. The summed E-state index contributed by atoms with van der Waals surface area (Å²) in [6, 6.07) is 17.5. The average Bonchev–Trinajstić information content (AvgIpc) is 3.13. The molecule has 2 N–H and O–H groups in total. The number of esters is 1. The van der Waals surface area contributed by atoms with Crippen LogP contribution >= 0.6 is 23.2 Å². The second kappa shape index (κ2) is 12.1. The summed E-state index contributed by atoms with van der Waals surface area (Å²) >= 11 is 12.2. The molecule has 3 aromatic carbocycles. The Morgan fingerprint density at radius 2 is 1.67 bits per heavy atom. The fourth-order valence-corrected chi connectivity index (χ4v) is 4.13. The normalized spacial score (nSPS) is 13.1. The standard InChI is InChI=1S/C29H25Cl2N3O5/c1-3-4-14-39-29(38)19-6-5-7-21(15-19)32-26(35)18-9-8-17(2)23(16-18)33-25-24(31)27(36)34(28(25)37)22-12-10-20(30)11-13-22/h5-13,15-16,33H,3-4,14H2,1-2H3,(H,32,35). The molecule has 1 heterocycles. The molecule has 0 aromatic heterocycles. The van der Waals surface area contributed by atoms with Crippen LogP contribution in [0.4, 0.5) is 17.1 Å². The van der Waals surface area contributed by atoms with Gasteiger partial charge in [-0.25, -0.2) is 9.69 Å². The minimum absolute atomic E-state index is 0.105. The SMILES string of the molecule is CCCCOC(=O)c1cccc(NC(=O)c2ccc(C)c(NC3=C(Cl)C(=O)N(c4ccc(Cl)cc4)C3=O)c2)c1. The number of carbonyl (C=O) groups is 4. The van der Waals surface area contributed by atoms with E-state index in [0.29, 0.717) is 39.8 Å². The number of hydrogen-bond acceptors (Lipinski definition) is 6. The Balaban J connectivity index is 1.50. The molecule has 10 heteroatoms. The van der Waals surface area contributed by atoms with Gasteiger partial charge in [0.2, 0.25) is 0 Å². The molecular formula is C29H25Cl2N3O5. The second-order valence-electron chi connectivity index (χ2n) is 8.79. The van der Waals surface area contributed by atoms with Gasteiger partial charge in [0.25, 0.3) is 17.7 Å². The number of benzene rings is 3. The zero-order valence-electron chi connectivity index (χ0n) is 21.2. The molecule has 0 bridgehead atoms. The molecule has 200 valence electrons. The molecule has 0 atom stereocenters. The van der Waals surface area contributed by atoms with E-state index in [1.165, 1.54) is 6.07 Å². The second-order valence-corrected chi connectivity index (χ2v) is 9.60. The predicted molar refractivity (Wildman–Crippen MR) is 151 cm³/mol. The van der Waals surface area contributed by atoms with Crippen LogP contribution in [-0.4, -0.2) is 30.3 Å². The van der Waals surface area contributed by atoms with Crippen LogP contribution in [0.2, 0.25) is 5.02 Å². The Morgan fingerprint density at radius 3 is 2.38 bits per heavy atom. The lowest BCUT2D eigenvalue weighted by atomic mass is 10.1. The first-order chi connectivity index (χ1) is 18.7. The summed E-state index contributed by atoms with van der Waals surface area (Å²) in [4.78, 5) is 52.1. The highest BCUT2D eigenvalue weighted by Gasteiger charge is 2.39. The summed E-state index contributed by atoms with van der Waals surface area (Å²) < 4.78 is 5.24. The Morgan fingerprint density at radius 1 is 0.923 bits per heavy atom. The van der Waals surface area contributed by atoms with Crippen molar-refractivity contribution in [3.63, 3.8) is 0 Å². The number of ether oxygens (including phenoxy) is 1. The Labute approximate surface area is 235 Å². The largest absolute Gasteiger partial charge is 0.462 e. The van der Waals surface area contributed by atoms with Crippen molar-refractivity contribution >= 4 is 64.0 Å². The third-order valence-electron chi connectivity index (χ3n) is 5.96. The average molecular weight is 566 g/mol. The number of anilines is 3. The zero-order valence-corrected chi connectivity index (χ0v) is 22.7. The van der Waals surface area contributed by atoms with Crippen molar-refractivity contribution in [1.29, 1.82) is 0 Å². The van der Waals surface area contributed by atoms with Crippen LogP contribution in [0.1, 0.15) is 46.0 Å². The molecule has 3 aromatic rings. The summed E-state index contributed by atoms with van der Waals surface area (Å²) in [6.07, 6.45) is 1.68. The van der Waals surface area contributed by atoms with Crippen molar-refractivity contribution in [3.05, 3.63) is 99.2 Å². The number of rotatable bonds is 9. The first-order valence-electron chi connectivity index (χ1n) is 12.2. The topological polar surface area (TPSA) is 105 Å². The van der Waals surface area contributed by atoms with E-state index in [4.69, 9.17) is 27.9 Å². The third kappa shape index (κ3) is 6.30. The third-order valence-corrected chi connectivity index (χ3v) is 6.56. The maximum absolute atomic E-state index is 13.1. The molecule has 0 saturated heterocycles. The van der Waals surface area contributed by atoms with Gasteiger partial charge in [-0.1, -0.05) is 48.7 Å². The summed E-state index contributed by atoms with van der Waals surface area (Å²) in [5.41, 5.74) is 2.38. The van der Waals surface area contributed by atoms with Crippen molar-refractivity contribution in [2.24, 2.45) is 0 Å². The van der Waals surface area contributed by atoms with E-state index in [0.717, 1.165) is 17.7 Å². The molecule has 0 spiro atoms. The fraction of sp³-hybridized carbons (Fsp3) is 0.172. The number of halogens is 2. The number of unbranched alkanes of at least 4 members (excludes halogenated alkanes) is 1. The summed E-state index contributed by atoms with van der Waals surface area (Å²) in [6.45, 7) is 4.12. The molecule has 8 nitrogen and oxygen atoms in total. The van der Waals surface area contributed by atoms with Crippen LogP contribution in [0, 0.1) is 6.92 Å². The van der Waals surface area contributed by atoms with E-state index in [1.807, 2.05) is 6.92 Å². The summed E-state index contributed by atoms with van der Waals surface area (Å²) in [5, 5.41) is 5.88. The molecule has 0 saturated carbocycles. The van der Waals surface area contributed by atoms with Gasteiger partial charge in [0.15, 0.2) is 0 Å². The van der Waals surface area contributed by atoms with Gasteiger partial charge in [-0.05, 0) is 73.5 Å². The Hall–Kier alpha value is -4.14.